The summed E-state index contributed by atoms with van der Waals surface area (Å²) in [6, 6.07) is 16.0. The first kappa shape index (κ1) is 11.2. The molecule has 2 aromatic carbocycles. The van der Waals surface area contributed by atoms with Gasteiger partial charge < -0.3 is 5.32 Å². The lowest BCUT2D eigenvalue weighted by atomic mass is 10.2. The molecular weight excluding hydrogens is 290 g/mol. The van der Waals surface area contributed by atoms with E-state index in [2.05, 4.69) is 31.4 Å². The van der Waals surface area contributed by atoms with Gasteiger partial charge in [0, 0.05) is 15.5 Å². The summed E-state index contributed by atoms with van der Waals surface area (Å²) in [5, 5.41) is 12.5. The molecule has 18 heavy (non-hydrogen) atoms. The van der Waals surface area contributed by atoms with E-state index in [9.17, 15) is 0 Å². The average molecular weight is 300 g/mol. The van der Waals surface area contributed by atoms with E-state index >= 15 is 0 Å². The first-order valence-corrected chi connectivity index (χ1v) is 6.35. The second kappa shape index (κ2) is 4.74. The predicted molar refractivity (Wildman–Crippen MR) is 77.0 cm³/mol. The topological polar surface area (TPSA) is 37.8 Å². The number of halogens is 1. The van der Waals surface area contributed by atoms with Crippen LogP contribution >= 0.6 is 15.9 Å². The summed E-state index contributed by atoms with van der Waals surface area (Å²) in [4.78, 5) is 0. The van der Waals surface area contributed by atoms with Crippen LogP contribution in [0.15, 0.2) is 59.2 Å². The van der Waals surface area contributed by atoms with Crippen LogP contribution in [0.1, 0.15) is 0 Å². The molecule has 0 saturated carbocycles. The van der Waals surface area contributed by atoms with Gasteiger partial charge in [0.15, 0.2) is 0 Å². The molecule has 3 rings (SSSR count). The van der Waals surface area contributed by atoms with Crippen molar-refractivity contribution in [2.75, 3.05) is 5.32 Å². The number of hydrogen-bond acceptors (Lipinski definition) is 3. The Morgan fingerprint density at radius 3 is 2.78 bits per heavy atom. The minimum absolute atomic E-state index is 0.887. The third-order valence-corrected chi connectivity index (χ3v) is 3.14. The summed E-state index contributed by atoms with van der Waals surface area (Å²) in [6.45, 7) is 0. The Labute approximate surface area is 113 Å². The molecule has 1 aromatic heterocycles. The summed E-state index contributed by atoms with van der Waals surface area (Å²) in [6.07, 6.45) is 1.74. The van der Waals surface area contributed by atoms with Crippen molar-refractivity contribution in [3.8, 4) is 0 Å². The fourth-order valence-electron chi connectivity index (χ4n) is 1.83. The van der Waals surface area contributed by atoms with E-state index in [1.165, 1.54) is 0 Å². The van der Waals surface area contributed by atoms with E-state index in [4.69, 9.17) is 0 Å². The van der Waals surface area contributed by atoms with Crippen LogP contribution in [0.5, 0.6) is 0 Å². The lowest BCUT2D eigenvalue weighted by Crippen LogP contribution is -1.94. The first-order valence-electron chi connectivity index (χ1n) is 5.56. The van der Waals surface area contributed by atoms with Gasteiger partial charge in [0.1, 0.15) is 0 Å². The molecule has 1 N–H and O–H groups in total. The Bertz CT molecular complexity index is 692. The normalized spacial score (nSPS) is 10.5. The standard InChI is InChI=1S/C14H10BrN3/c15-10-4-3-5-11(8-10)17-14-9-16-18-13-7-2-1-6-12(13)14/h1-9H,(H,17,18). The SMILES string of the molecule is Brc1cccc(Nc2cnnc3ccccc23)c1. The molecule has 1 heterocycles. The Hall–Kier alpha value is -1.94. The maximum absolute atomic E-state index is 4.10. The van der Waals surface area contributed by atoms with Gasteiger partial charge in [0.2, 0.25) is 0 Å². The molecule has 0 spiro atoms. The van der Waals surface area contributed by atoms with Crippen molar-refractivity contribution in [3.05, 3.63) is 59.2 Å². The lowest BCUT2D eigenvalue weighted by Gasteiger charge is -2.08. The minimum atomic E-state index is 0.887. The average Bonchev–Trinajstić information content (AvgIpc) is 2.39. The number of benzene rings is 2. The van der Waals surface area contributed by atoms with Gasteiger partial charge in [-0.1, -0.05) is 40.2 Å². The molecule has 3 nitrogen and oxygen atoms in total. The molecule has 0 amide bonds. The smallest absolute Gasteiger partial charge is 0.0950 e. The fraction of sp³-hybridized carbons (Fsp3) is 0. The van der Waals surface area contributed by atoms with Gasteiger partial charge in [-0.05, 0) is 24.3 Å². The summed E-state index contributed by atoms with van der Waals surface area (Å²) in [7, 11) is 0. The molecule has 0 aliphatic carbocycles. The zero-order valence-corrected chi connectivity index (χ0v) is 11.1. The second-order valence-corrected chi connectivity index (χ2v) is 4.83. The molecule has 3 aromatic rings. The largest absolute Gasteiger partial charge is 0.354 e. The Morgan fingerprint density at radius 1 is 1.00 bits per heavy atom. The molecule has 0 atom stereocenters. The van der Waals surface area contributed by atoms with Crippen molar-refractivity contribution in [3.63, 3.8) is 0 Å². The highest BCUT2D eigenvalue weighted by Crippen LogP contribution is 2.25. The summed E-state index contributed by atoms with van der Waals surface area (Å²) in [5.41, 5.74) is 2.86. The van der Waals surface area contributed by atoms with Crippen molar-refractivity contribution >= 4 is 38.2 Å². The molecular formula is C14H10BrN3. The summed E-state index contributed by atoms with van der Waals surface area (Å²) in [5.74, 6) is 0. The van der Waals surface area contributed by atoms with Crippen LogP contribution in [-0.2, 0) is 0 Å². The van der Waals surface area contributed by atoms with E-state index in [0.29, 0.717) is 0 Å². The minimum Gasteiger partial charge on any atom is -0.354 e. The van der Waals surface area contributed by atoms with Crippen molar-refractivity contribution in [2.45, 2.75) is 0 Å². The van der Waals surface area contributed by atoms with Crippen LogP contribution in [0.2, 0.25) is 0 Å². The van der Waals surface area contributed by atoms with Gasteiger partial charge in [0.25, 0.3) is 0 Å². The van der Waals surface area contributed by atoms with Crippen LogP contribution in [0.4, 0.5) is 11.4 Å². The monoisotopic (exact) mass is 299 g/mol. The molecule has 88 valence electrons. The highest BCUT2D eigenvalue weighted by atomic mass is 79.9. The Kier molecular flexibility index (Phi) is 2.94. The van der Waals surface area contributed by atoms with Gasteiger partial charge in [-0.15, -0.1) is 0 Å². The highest BCUT2D eigenvalue weighted by Gasteiger charge is 2.02. The second-order valence-electron chi connectivity index (χ2n) is 3.91. The number of nitrogens with one attached hydrogen (secondary N) is 1. The predicted octanol–water partition coefficient (Wildman–Crippen LogP) is 4.14. The molecule has 0 fully saturated rings. The molecule has 0 aliphatic heterocycles. The van der Waals surface area contributed by atoms with Gasteiger partial charge in [0.05, 0.1) is 17.4 Å². The van der Waals surface area contributed by atoms with E-state index < -0.39 is 0 Å². The molecule has 4 heteroatoms. The fourth-order valence-corrected chi connectivity index (χ4v) is 2.23. The van der Waals surface area contributed by atoms with E-state index in [1.807, 2.05) is 48.5 Å². The molecule has 0 radical (unpaired) electrons. The van der Waals surface area contributed by atoms with E-state index in [0.717, 1.165) is 26.8 Å². The maximum Gasteiger partial charge on any atom is 0.0950 e. The number of anilines is 2. The zero-order valence-electron chi connectivity index (χ0n) is 9.47. The summed E-state index contributed by atoms with van der Waals surface area (Å²) < 4.78 is 1.04. The van der Waals surface area contributed by atoms with Crippen LogP contribution in [0, 0.1) is 0 Å². The van der Waals surface area contributed by atoms with Crippen molar-refractivity contribution < 1.29 is 0 Å². The summed E-state index contributed by atoms with van der Waals surface area (Å²) >= 11 is 3.46. The molecule has 0 bridgehead atoms. The first-order chi connectivity index (χ1) is 8.83. The number of nitrogens with zero attached hydrogens (tertiary/aromatic N) is 2. The lowest BCUT2D eigenvalue weighted by molar-refractivity contribution is 1.08. The number of rotatable bonds is 2. The van der Waals surface area contributed by atoms with Gasteiger partial charge >= 0.3 is 0 Å². The van der Waals surface area contributed by atoms with Crippen LogP contribution < -0.4 is 5.32 Å². The van der Waals surface area contributed by atoms with Crippen LogP contribution in [0.25, 0.3) is 10.9 Å². The van der Waals surface area contributed by atoms with Crippen molar-refractivity contribution in [1.82, 2.24) is 10.2 Å². The van der Waals surface area contributed by atoms with Gasteiger partial charge in [-0.2, -0.15) is 10.2 Å². The zero-order chi connectivity index (χ0) is 12.4. The quantitative estimate of drug-likeness (QED) is 0.773. The van der Waals surface area contributed by atoms with Crippen molar-refractivity contribution in [2.24, 2.45) is 0 Å². The van der Waals surface area contributed by atoms with Crippen LogP contribution in [0.3, 0.4) is 0 Å². The molecule has 0 aliphatic rings. The molecule has 0 unspecified atom stereocenters. The van der Waals surface area contributed by atoms with Gasteiger partial charge in [-0.25, -0.2) is 0 Å². The number of hydrogen-bond donors (Lipinski definition) is 1. The third-order valence-electron chi connectivity index (χ3n) is 2.65. The maximum atomic E-state index is 4.10. The van der Waals surface area contributed by atoms with E-state index in [1.54, 1.807) is 6.20 Å². The number of aromatic nitrogens is 2. The third kappa shape index (κ3) is 2.19. The Balaban J connectivity index is 2.05. The van der Waals surface area contributed by atoms with Crippen molar-refractivity contribution in [1.29, 1.82) is 0 Å². The Morgan fingerprint density at radius 2 is 1.89 bits per heavy atom. The van der Waals surface area contributed by atoms with E-state index in [-0.39, 0.29) is 0 Å². The molecule has 0 saturated heterocycles. The number of fused-ring (bicyclic) bond motifs is 1. The highest BCUT2D eigenvalue weighted by molar-refractivity contribution is 9.10. The van der Waals surface area contributed by atoms with Gasteiger partial charge in [-0.3, -0.25) is 0 Å². The van der Waals surface area contributed by atoms with Crippen LogP contribution in [-0.4, -0.2) is 10.2 Å².